The molecule has 0 aromatic heterocycles. The van der Waals surface area contributed by atoms with E-state index in [1.165, 1.54) is 25.7 Å². The van der Waals surface area contributed by atoms with Crippen LogP contribution in [0.4, 0.5) is 0 Å². The zero-order valence-corrected chi connectivity index (χ0v) is 9.56. The maximum Gasteiger partial charge on any atom is 0.123 e. The fraction of sp³-hybridized carbons (Fsp3) is 1.00. The smallest absolute Gasteiger partial charge is 0.123 e. The summed E-state index contributed by atoms with van der Waals surface area (Å²) in [6.07, 6.45) is 8.36. The third-order valence-corrected chi connectivity index (χ3v) is 4.80. The van der Waals surface area contributed by atoms with Crippen LogP contribution in [-0.2, 0) is 4.84 Å². The van der Waals surface area contributed by atoms with E-state index >= 15 is 0 Å². The summed E-state index contributed by atoms with van der Waals surface area (Å²) in [5, 5.41) is 9.94. The summed E-state index contributed by atoms with van der Waals surface area (Å²) in [6, 6.07) is 1.25. The van der Waals surface area contributed by atoms with Crippen LogP contribution < -0.4 is 0 Å². The van der Waals surface area contributed by atoms with E-state index in [0.29, 0.717) is 18.2 Å². The highest BCUT2D eigenvalue weighted by Crippen LogP contribution is 2.43. The zero-order valence-electron chi connectivity index (χ0n) is 9.56. The number of aliphatic hydroxyl groups excluding tert-OH is 1. The Labute approximate surface area is 91.6 Å². The first-order valence-corrected chi connectivity index (χ1v) is 6.41. The van der Waals surface area contributed by atoms with Crippen LogP contribution in [-0.4, -0.2) is 41.1 Å². The normalized spacial score (nSPS) is 54.8. The standard InChI is InChI=1S/C12H22NO2/c1-13-9-3-2-4-10(13)8-12(15-13)6-5-11(14)7-9/h9-12,14H,2-8H2,1H3/q+1. The van der Waals surface area contributed by atoms with E-state index in [0.717, 1.165) is 23.9 Å². The summed E-state index contributed by atoms with van der Waals surface area (Å²) in [7, 11) is 2.24. The van der Waals surface area contributed by atoms with Gasteiger partial charge in [0.25, 0.3) is 0 Å². The molecular weight excluding hydrogens is 190 g/mol. The zero-order chi connectivity index (χ0) is 10.5. The lowest BCUT2D eigenvalue weighted by atomic mass is 9.91. The van der Waals surface area contributed by atoms with E-state index in [9.17, 15) is 5.11 Å². The first kappa shape index (κ1) is 10.1. The highest BCUT2D eigenvalue weighted by atomic mass is 16.7. The van der Waals surface area contributed by atoms with Crippen molar-refractivity contribution in [2.45, 2.75) is 69.2 Å². The average molecular weight is 212 g/mol. The molecule has 0 aromatic rings. The monoisotopic (exact) mass is 212 g/mol. The molecule has 0 radical (unpaired) electrons. The molecule has 15 heavy (non-hydrogen) atoms. The van der Waals surface area contributed by atoms with Gasteiger partial charge in [0.05, 0.1) is 13.2 Å². The molecule has 1 N–H and O–H groups in total. The van der Waals surface area contributed by atoms with Crippen molar-refractivity contribution in [1.29, 1.82) is 0 Å². The minimum Gasteiger partial charge on any atom is -0.393 e. The minimum atomic E-state index is -0.0873. The average Bonchev–Trinajstić information content (AvgIpc) is 2.52. The third kappa shape index (κ3) is 1.52. The topological polar surface area (TPSA) is 29.5 Å². The number of nitrogens with zero attached hydrogens (tertiary/aromatic N) is 1. The van der Waals surface area contributed by atoms with Gasteiger partial charge in [-0.2, -0.15) is 9.48 Å². The van der Waals surface area contributed by atoms with Crippen LogP contribution in [0.5, 0.6) is 0 Å². The van der Waals surface area contributed by atoms with E-state index in [-0.39, 0.29) is 6.10 Å². The lowest BCUT2D eigenvalue weighted by Crippen LogP contribution is -2.58. The molecule has 86 valence electrons. The largest absolute Gasteiger partial charge is 0.393 e. The predicted octanol–water partition coefficient (Wildman–Crippen LogP) is 1.60. The summed E-state index contributed by atoms with van der Waals surface area (Å²) in [6.45, 7) is 0. The molecule has 0 aromatic carbocycles. The minimum absolute atomic E-state index is 0.0873. The second-order valence-corrected chi connectivity index (χ2v) is 5.73. The Kier molecular flexibility index (Phi) is 2.31. The number of hydroxylamine groups is 3. The maximum atomic E-state index is 9.94. The van der Waals surface area contributed by atoms with Gasteiger partial charge in [-0.15, -0.1) is 0 Å². The van der Waals surface area contributed by atoms with E-state index in [1.807, 2.05) is 0 Å². The molecule has 3 heterocycles. The molecule has 3 fully saturated rings. The summed E-state index contributed by atoms with van der Waals surface area (Å²) < 4.78 is 0.807. The van der Waals surface area contributed by atoms with Crippen molar-refractivity contribution in [3.05, 3.63) is 0 Å². The van der Waals surface area contributed by atoms with Crippen molar-refractivity contribution in [3.63, 3.8) is 0 Å². The lowest BCUT2D eigenvalue weighted by molar-refractivity contribution is -1.12. The fourth-order valence-electron chi connectivity index (χ4n) is 3.87. The quantitative estimate of drug-likeness (QED) is 0.618. The maximum absolute atomic E-state index is 9.94. The predicted molar refractivity (Wildman–Crippen MR) is 57.0 cm³/mol. The van der Waals surface area contributed by atoms with E-state index in [1.54, 1.807) is 0 Å². The Morgan fingerprint density at radius 2 is 1.80 bits per heavy atom. The molecule has 0 amide bonds. The van der Waals surface area contributed by atoms with Crippen molar-refractivity contribution in [3.8, 4) is 0 Å². The Hall–Kier alpha value is -0.120. The van der Waals surface area contributed by atoms with E-state index in [2.05, 4.69) is 7.05 Å². The number of hydrogen-bond donors (Lipinski definition) is 1. The molecule has 3 nitrogen and oxygen atoms in total. The van der Waals surface area contributed by atoms with Gasteiger partial charge < -0.3 is 5.11 Å². The van der Waals surface area contributed by atoms with Gasteiger partial charge in [-0.25, -0.2) is 0 Å². The highest BCUT2D eigenvalue weighted by Gasteiger charge is 2.54. The van der Waals surface area contributed by atoms with Gasteiger partial charge in [0, 0.05) is 25.7 Å². The molecule has 3 rings (SSSR count). The second-order valence-electron chi connectivity index (χ2n) is 5.73. The molecule has 0 saturated carbocycles. The van der Waals surface area contributed by atoms with Gasteiger partial charge in [0.2, 0.25) is 0 Å². The van der Waals surface area contributed by atoms with Crippen molar-refractivity contribution in [2.24, 2.45) is 0 Å². The van der Waals surface area contributed by atoms with Gasteiger partial charge in [-0.3, -0.25) is 0 Å². The van der Waals surface area contributed by atoms with Crippen LogP contribution in [0.3, 0.4) is 0 Å². The number of piperidine rings is 1. The molecule has 3 saturated heterocycles. The van der Waals surface area contributed by atoms with Gasteiger partial charge in [-0.05, 0) is 19.3 Å². The summed E-state index contributed by atoms with van der Waals surface area (Å²) in [5.74, 6) is 0. The van der Waals surface area contributed by atoms with Crippen LogP contribution >= 0.6 is 0 Å². The van der Waals surface area contributed by atoms with Crippen LogP contribution in [0.25, 0.3) is 0 Å². The second kappa shape index (κ2) is 3.44. The molecular formula is C12H22NO2+. The number of fused-ring (bicyclic) bond motifs is 1. The molecule has 0 aliphatic carbocycles. The number of rotatable bonds is 0. The Bertz CT molecular complexity index is 258. The summed E-state index contributed by atoms with van der Waals surface area (Å²) in [4.78, 5) is 6.23. The van der Waals surface area contributed by atoms with Crippen molar-refractivity contribution in [1.82, 2.24) is 0 Å². The van der Waals surface area contributed by atoms with Gasteiger partial charge in [0.15, 0.2) is 0 Å². The van der Waals surface area contributed by atoms with Crippen LogP contribution in [0.1, 0.15) is 44.9 Å². The van der Waals surface area contributed by atoms with Crippen LogP contribution in [0.2, 0.25) is 0 Å². The van der Waals surface area contributed by atoms with Crippen molar-refractivity contribution >= 4 is 0 Å². The first-order valence-electron chi connectivity index (χ1n) is 6.41. The fourth-order valence-corrected chi connectivity index (χ4v) is 3.87. The molecule has 3 heteroatoms. The molecule has 2 bridgehead atoms. The van der Waals surface area contributed by atoms with Crippen LogP contribution in [0.15, 0.2) is 0 Å². The molecule has 3 aliphatic rings. The van der Waals surface area contributed by atoms with E-state index in [4.69, 9.17) is 4.84 Å². The molecule has 3 aliphatic heterocycles. The molecule has 0 spiro atoms. The Balaban J connectivity index is 1.89. The van der Waals surface area contributed by atoms with E-state index < -0.39 is 0 Å². The lowest BCUT2D eigenvalue weighted by Gasteiger charge is -2.44. The Morgan fingerprint density at radius 3 is 2.60 bits per heavy atom. The molecule has 5 unspecified atom stereocenters. The number of hydrogen-bond acceptors (Lipinski definition) is 2. The summed E-state index contributed by atoms with van der Waals surface area (Å²) in [5.41, 5.74) is 0. The summed E-state index contributed by atoms with van der Waals surface area (Å²) >= 11 is 0. The van der Waals surface area contributed by atoms with Crippen LogP contribution in [0, 0.1) is 0 Å². The van der Waals surface area contributed by atoms with Crippen molar-refractivity contribution in [2.75, 3.05) is 7.05 Å². The Morgan fingerprint density at radius 1 is 1.07 bits per heavy atom. The van der Waals surface area contributed by atoms with Gasteiger partial charge >= 0.3 is 0 Å². The number of quaternary nitrogens is 1. The number of aliphatic hydroxyl groups is 1. The first-order chi connectivity index (χ1) is 7.18. The van der Waals surface area contributed by atoms with Crippen molar-refractivity contribution < 1.29 is 14.6 Å². The highest BCUT2D eigenvalue weighted by molar-refractivity contribution is 4.82. The molecule has 5 atom stereocenters. The van der Waals surface area contributed by atoms with Gasteiger partial charge in [-0.1, -0.05) is 0 Å². The third-order valence-electron chi connectivity index (χ3n) is 4.80. The SMILES string of the molecule is C[N+]12OC3CCC(O)CC1CCCC2C3. The van der Waals surface area contributed by atoms with Gasteiger partial charge in [0.1, 0.15) is 18.2 Å².